The molecule has 0 aromatic carbocycles. The Balaban J connectivity index is 1.65. The zero-order valence-corrected chi connectivity index (χ0v) is 15.7. The Bertz CT molecular complexity index is 820. The summed E-state index contributed by atoms with van der Waals surface area (Å²) in [5.74, 6) is 1.60. The molecule has 2 aromatic rings. The van der Waals surface area contributed by atoms with E-state index >= 15 is 0 Å². The molecule has 8 heteroatoms. The number of amides is 1. The van der Waals surface area contributed by atoms with Gasteiger partial charge in [-0.25, -0.2) is 9.97 Å². The number of anilines is 1. The van der Waals surface area contributed by atoms with E-state index in [1.807, 2.05) is 36.0 Å². The van der Waals surface area contributed by atoms with Gasteiger partial charge in [0.15, 0.2) is 5.82 Å². The number of nitrogens with zero attached hydrogens (tertiary/aromatic N) is 5. The fourth-order valence-corrected chi connectivity index (χ4v) is 3.53. The highest BCUT2D eigenvalue weighted by Crippen LogP contribution is 2.28. The summed E-state index contributed by atoms with van der Waals surface area (Å²) in [4.78, 5) is 30.3. The van der Waals surface area contributed by atoms with E-state index in [2.05, 4.69) is 10.3 Å². The Morgan fingerprint density at radius 3 is 2.81 bits per heavy atom. The molecule has 1 unspecified atom stereocenters. The topological polar surface area (TPSA) is 83.5 Å². The zero-order chi connectivity index (χ0) is 18.8. The number of rotatable bonds is 3. The highest BCUT2D eigenvalue weighted by molar-refractivity contribution is 5.81. The van der Waals surface area contributed by atoms with Crippen molar-refractivity contribution in [3.8, 4) is 11.4 Å². The maximum Gasteiger partial charge on any atom is 0.253 e. The molecule has 0 saturated carbocycles. The molecule has 2 aromatic heterocycles. The predicted octanol–water partition coefficient (Wildman–Crippen LogP) is 0.478. The van der Waals surface area contributed by atoms with Crippen molar-refractivity contribution in [1.82, 2.24) is 25.2 Å². The van der Waals surface area contributed by atoms with Crippen LogP contribution in [0.2, 0.25) is 0 Å². The van der Waals surface area contributed by atoms with Crippen LogP contribution in [0, 0.1) is 0 Å². The van der Waals surface area contributed by atoms with Gasteiger partial charge < -0.3 is 19.9 Å². The average Bonchev–Trinajstić information content (AvgIpc) is 2.73. The highest BCUT2D eigenvalue weighted by Gasteiger charge is 2.31. The Labute approximate surface area is 158 Å². The number of hydrogen-bond donors (Lipinski definition) is 1. The quantitative estimate of drug-likeness (QED) is 0.843. The molecule has 2 aliphatic heterocycles. The number of hydrogen-bond acceptors (Lipinski definition) is 7. The van der Waals surface area contributed by atoms with Crippen molar-refractivity contribution in [2.75, 3.05) is 45.2 Å². The molecule has 1 atom stereocenters. The summed E-state index contributed by atoms with van der Waals surface area (Å²) in [6, 6.07) is 3.79. The SMILES string of the molecule is CN(C)c1nc(-c2ccncc2)nc2c1CCN(C(=O)C1CNCCO1)C2. The Hall–Kier alpha value is -2.58. The van der Waals surface area contributed by atoms with Gasteiger partial charge in [0, 0.05) is 57.3 Å². The number of morpholine rings is 1. The van der Waals surface area contributed by atoms with Crippen LogP contribution >= 0.6 is 0 Å². The van der Waals surface area contributed by atoms with Crippen LogP contribution in [0.3, 0.4) is 0 Å². The average molecular weight is 368 g/mol. The summed E-state index contributed by atoms with van der Waals surface area (Å²) in [5.41, 5.74) is 2.94. The van der Waals surface area contributed by atoms with E-state index in [-0.39, 0.29) is 5.91 Å². The van der Waals surface area contributed by atoms with E-state index in [4.69, 9.17) is 14.7 Å². The van der Waals surface area contributed by atoms with Crippen LogP contribution in [0.5, 0.6) is 0 Å². The summed E-state index contributed by atoms with van der Waals surface area (Å²) in [6.07, 6.45) is 3.80. The molecule has 2 aliphatic rings. The number of fused-ring (bicyclic) bond motifs is 1. The van der Waals surface area contributed by atoms with Crippen molar-refractivity contribution in [3.05, 3.63) is 35.8 Å². The van der Waals surface area contributed by atoms with Gasteiger partial charge in [-0.05, 0) is 18.6 Å². The van der Waals surface area contributed by atoms with E-state index in [1.165, 1.54) is 0 Å². The first-order valence-electron chi connectivity index (χ1n) is 9.22. The normalized spacial score (nSPS) is 19.5. The van der Waals surface area contributed by atoms with Crippen LogP contribution in [0.15, 0.2) is 24.5 Å². The van der Waals surface area contributed by atoms with Gasteiger partial charge in [0.1, 0.15) is 11.9 Å². The number of ether oxygens (including phenoxy) is 1. The minimum atomic E-state index is -0.407. The molecule has 142 valence electrons. The second-order valence-electron chi connectivity index (χ2n) is 7.00. The van der Waals surface area contributed by atoms with Crippen LogP contribution in [0.4, 0.5) is 5.82 Å². The Kier molecular flexibility index (Phi) is 5.00. The van der Waals surface area contributed by atoms with Crippen LogP contribution in [-0.2, 0) is 22.5 Å². The molecule has 1 fully saturated rings. The largest absolute Gasteiger partial charge is 0.366 e. The maximum absolute atomic E-state index is 12.8. The molecule has 0 bridgehead atoms. The van der Waals surface area contributed by atoms with E-state index < -0.39 is 6.10 Å². The van der Waals surface area contributed by atoms with Crippen LogP contribution in [0.25, 0.3) is 11.4 Å². The zero-order valence-electron chi connectivity index (χ0n) is 15.7. The fraction of sp³-hybridized carbons (Fsp3) is 0.474. The summed E-state index contributed by atoms with van der Waals surface area (Å²) in [5, 5.41) is 3.22. The molecule has 8 nitrogen and oxygen atoms in total. The lowest BCUT2D eigenvalue weighted by Crippen LogP contribution is -2.50. The lowest BCUT2D eigenvalue weighted by molar-refractivity contribution is -0.146. The fourth-order valence-electron chi connectivity index (χ4n) is 3.53. The monoisotopic (exact) mass is 368 g/mol. The Morgan fingerprint density at radius 2 is 2.11 bits per heavy atom. The molecule has 1 saturated heterocycles. The van der Waals surface area contributed by atoms with E-state index in [1.54, 1.807) is 12.4 Å². The smallest absolute Gasteiger partial charge is 0.253 e. The van der Waals surface area contributed by atoms with Crippen molar-refractivity contribution >= 4 is 11.7 Å². The standard InChI is InChI=1S/C19H24N6O2/c1-24(2)18-14-5-9-25(19(26)16-11-21-8-10-27-16)12-15(14)22-17(23-18)13-3-6-20-7-4-13/h3-4,6-7,16,21H,5,8-12H2,1-2H3. The van der Waals surface area contributed by atoms with Gasteiger partial charge in [0.25, 0.3) is 5.91 Å². The summed E-state index contributed by atoms with van der Waals surface area (Å²) in [6.45, 7) is 3.07. The van der Waals surface area contributed by atoms with Crippen molar-refractivity contribution in [2.24, 2.45) is 0 Å². The third-order valence-corrected chi connectivity index (χ3v) is 4.92. The lowest BCUT2D eigenvalue weighted by Gasteiger charge is -2.34. The van der Waals surface area contributed by atoms with Crippen molar-refractivity contribution in [3.63, 3.8) is 0 Å². The first-order valence-corrected chi connectivity index (χ1v) is 9.22. The minimum Gasteiger partial charge on any atom is -0.366 e. The molecular weight excluding hydrogens is 344 g/mol. The third-order valence-electron chi connectivity index (χ3n) is 4.92. The number of aromatic nitrogens is 3. The minimum absolute atomic E-state index is 0.0309. The molecule has 1 amide bonds. The van der Waals surface area contributed by atoms with Crippen LogP contribution in [0.1, 0.15) is 11.3 Å². The van der Waals surface area contributed by atoms with Gasteiger partial charge >= 0.3 is 0 Å². The molecule has 0 aliphatic carbocycles. The van der Waals surface area contributed by atoms with Gasteiger partial charge in [-0.3, -0.25) is 9.78 Å². The molecule has 4 rings (SSSR count). The Morgan fingerprint density at radius 1 is 1.30 bits per heavy atom. The maximum atomic E-state index is 12.8. The molecule has 0 spiro atoms. The number of pyridine rings is 1. The molecule has 4 heterocycles. The number of carbonyl (C=O) groups is 1. The summed E-state index contributed by atoms with van der Waals surface area (Å²) < 4.78 is 5.63. The van der Waals surface area contributed by atoms with Gasteiger partial charge in [-0.1, -0.05) is 0 Å². The van der Waals surface area contributed by atoms with Gasteiger partial charge in [-0.2, -0.15) is 0 Å². The molecule has 0 radical (unpaired) electrons. The van der Waals surface area contributed by atoms with E-state index in [9.17, 15) is 4.79 Å². The number of nitrogens with one attached hydrogen (secondary N) is 1. The van der Waals surface area contributed by atoms with E-state index in [0.717, 1.165) is 35.6 Å². The first kappa shape index (κ1) is 17.8. The van der Waals surface area contributed by atoms with Gasteiger partial charge in [0.05, 0.1) is 18.8 Å². The highest BCUT2D eigenvalue weighted by atomic mass is 16.5. The van der Waals surface area contributed by atoms with Gasteiger partial charge in [-0.15, -0.1) is 0 Å². The van der Waals surface area contributed by atoms with E-state index in [0.29, 0.717) is 32.1 Å². The third kappa shape index (κ3) is 3.63. The number of carbonyl (C=O) groups excluding carboxylic acids is 1. The van der Waals surface area contributed by atoms with Crippen molar-refractivity contribution < 1.29 is 9.53 Å². The lowest BCUT2D eigenvalue weighted by atomic mass is 10.0. The predicted molar refractivity (Wildman–Crippen MR) is 101 cm³/mol. The van der Waals surface area contributed by atoms with Crippen LogP contribution in [-0.4, -0.2) is 72.2 Å². The first-order chi connectivity index (χ1) is 13.1. The second kappa shape index (κ2) is 7.58. The van der Waals surface area contributed by atoms with Crippen molar-refractivity contribution in [2.45, 2.75) is 19.1 Å². The van der Waals surface area contributed by atoms with Gasteiger partial charge in [0.2, 0.25) is 0 Å². The summed E-state index contributed by atoms with van der Waals surface area (Å²) in [7, 11) is 3.97. The molecule has 1 N–H and O–H groups in total. The molecule has 27 heavy (non-hydrogen) atoms. The second-order valence-corrected chi connectivity index (χ2v) is 7.00. The van der Waals surface area contributed by atoms with Crippen molar-refractivity contribution in [1.29, 1.82) is 0 Å². The van der Waals surface area contributed by atoms with Crippen LogP contribution < -0.4 is 10.2 Å². The summed E-state index contributed by atoms with van der Waals surface area (Å²) >= 11 is 0. The molecular formula is C19H24N6O2.